The predicted molar refractivity (Wildman–Crippen MR) is 135 cm³/mol. The van der Waals surface area contributed by atoms with E-state index in [0.29, 0.717) is 19.4 Å². The van der Waals surface area contributed by atoms with Crippen molar-refractivity contribution in [1.29, 1.82) is 0 Å². The van der Waals surface area contributed by atoms with E-state index in [0.717, 1.165) is 27.7 Å². The first-order valence-electron chi connectivity index (χ1n) is 11.1. The Labute approximate surface area is 202 Å². The van der Waals surface area contributed by atoms with Crippen molar-refractivity contribution in [2.75, 3.05) is 5.75 Å². The van der Waals surface area contributed by atoms with E-state index in [2.05, 4.69) is 5.32 Å². The molecule has 1 atom stereocenters. The van der Waals surface area contributed by atoms with Gasteiger partial charge < -0.3 is 10.2 Å². The van der Waals surface area contributed by atoms with Gasteiger partial charge >= 0.3 is 0 Å². The van der Waals surface area contributed by atoms with Gasteiger partial charge in [0.05, 0.1) is 0 Å². The minimum atomic E-state index is -0.494. The molecule has 2 amide bonds. The first-order valence-corrected chi connectivity index (χ1v) is 12.5. The molecule has 0 aliphatic rings. The molecule has 4 nitrogen and oxygen atoms in total. The van der Waals surface area contributed by atoms with Crippen LogP contribution in [0.3, 0.4) is 0 Å². The van der Waals surface area contributed by atoms with Gasteiger partial charge in [0.15, 0.2) is 0 Å². The number of nitrogens with one attached hydrogen (secondary N) is 1. The summed E-state index contributed by atoms with van der Waals surface area (Å²) in [5.74, 6) is 0.741. The zero-order chi connectivity index (χ0) is 23.7. The molecule has 0 aliphatic heterocycles. The van der Waals surface area contributed by atoms with Crippen molar-refractivity contribution in [2.45, 2.75) is 76.9 Å². The standard InChI is InChI=1S/C26H35ClN2O2S/c1-6-23(25(31)28-26(3,4)5)29(18-20-11-9-19(2)10-12-20)24(30)8-7-17-32-22-15-13-21(27)14-16-22/h9-16,23H,6-8,17-18H2,1-5H3,(H,28,31). The molecule has 0 aliphatic carbocycles. The molecule has 2 rings (SSSR count). The maximum atomic E-state index is 13.3. The van der Waals surface area contributed by atoms with Gasteiger partial charge in [0.1, 0.15) is 6.04 Å². The minimum absolute atomic E-state index is 0.0122. The zero-order valence-corrected chi connectivity index (χ0v) is 21.4. The summed E-state index contributed by atoms with van der Waals surface area (Å²) in [6, 6.07) is 15.4. The van der Waals surface area contributed by atoms with Crippen LogP contribution in [0.5, 0.6) is 0 Å². The van der Waals surface area contributed by atoms with E-state index in [9.17, 15) is 9.59 Å². The van der Waals surface area contributed by atoms with Gasteiger partial charge in [0, 0.05) is 28.4 Å². The molecular weight excluding hydrogens is 440 g/mol. The molecule has 0 saturated carbocycles. The number of hydrogen-bond acceptors (Lipinski definition) is 3. The number of rotatable bonds is 10. The molecule has 1 unspecified atom stereocenters. The molecule has 0 bridgehead atoms. The minimum Gasteiger partial charge on any atom is -0.350 e. The number of thioether (sulfide) groups is 1. The number of carbonyl (C=O) groups is 2. The highest BCUT2D eigenvalue weighted by Gasteiger charge is 2.30. The van der Waals surface area contributed by atoms with Gasteiger partial charge in [-0.05, 0) is 76.1 Å². The van der Waals surface area contributed by atoms with Crippen LogP contribution in [-0.4, -0.2) is 34.0 Å². The summed E-state index contributed by atoms with van der Waals surface area (Å²) in [7, 11) is 0. The molecule has 0 saturated heterocycles. The molecule has 0 fully saturated rings. The molecule has 0 spiro atoms. The number of carbonyl (C=O) groups excluding carboxylic acids is 2. The molecule has 0 radical (unpaired) electrons. The molecule has 32 heavy (non-hydrogen) atoms. The van der Waals surface area contributed by atoms with Gasteiger partial charge in [0.2, 0.25) is 11.8 Å². The average molecular weight is 475 g/mol. The van der Waals surface area contributed by atoms with Gasteiger partial charge in [0.25, 0.3) is 0 Å². The van der Waals surface area contributed by atoms with E-state index in [1.54, 1.807) is 16.7 Å². The molecule has 6 heteroatoms. The lowest BCUT2D eigenvalue weighted by Gasteiger charge is -2.33. The fourth-order valence-electron chi connectivity index (χ4n) is 3.35. The van der Waals surface area contributed by atoms with Crippen molar-refractivity contribution in [3.05, 3.63) is 64.7 Å². The molecule has 0 aromatic heterocycles. The van der Waals surface area contributed by atoms with Crippen molar-refractivity contribution in [2.24, 2.45) is 0 Å². The summed E-state index contributed by atoms with van der Waals surface area (Å²) in [4.78, 5) is 29.1. The number of halogens is 1. The largest absolute Gasteiger partial charge is 0.350 e. The third-order valence-corrected chi connectivity index (χ3v) is 6.33. The van der Waals surface area contributed by atoms with Gasteiger partial charge in [-0.3, -0.25) is 9.59 Å². The summed E-state index contributed by atoms with van der Waals surface area (Å²) >= 11 is 7.65. The molecule has 0 heterocycles. The first-order chi connectivity index (χ1) is 15.1. The number of amides is 2. The van der Waals surface area contributed by atoms with E-state index in [1.807, 2.05) is 83.1 Å². The van der Waals surface area contributed by atoms with E-state index in [1.165, 1.54) is 5.56 Å². The lowest BCUT2D eigenvalue weighted by Crippen LogP contribution is -2.53. The maximum Gasteiger partial charge on any atom is 0.243 e. The Balaban J connectivity index is 2.07. The Kier molecular flexibility index (Phi) is 10.1. The third-order valence-electron chi connectivity index (χ3n) is 4.97. The molecule has 174 valence electrons. The Morgan fingerprint density at radius 2 is 1.69 bits per heavy atom. The van der Waals surface area contributed by atoms with Gasteiger partial charge in [-0.2, -0.15) is 0 Å². The summed E-state index contributed by atoms with van der Waals surface area (Å²) in [6.45, 7) is 10.3. The van der Waals surface area contributed by atoms with Crippen LogP contribution in [0.25, 0.3) is 0 Å². The predicted octanol–water partition coefficient (Wildman–Crippen LogP) is 6.24. The van der Waals surface area contributed by atoms with Crippen molar-refractivity contribution < 1.29 is 9.59 Å². The summed E-state index contributed by atoms with van der Waals surface area (Å²) in [6.07, 6.45) is 1.72. The third kappa shape index (κ3) is 8.87. The second-order valence-corrected chi connectivity index (χ2v) is 10.7. The van der Waals surface area contributed by atoms with Crippen LogP contribution in [-0.2, 0) is 16.1 Å². The summed E-state index contributed by atoms with van der Waals surface area (Å²) < 4.78 is 0. The van der Waals surface area contributed by atoms with E-state index < -0.39 is 6.04 Å². The Morgan fingerprint density at radius 1 is 1.06 bits per heavy atom. The van der Waals surface area contributed by atoms with E-state index in [-0.39, 0.29) is 17.4 Å². The molecular formula is C26H35ClN2O2S. The Hall–Kier alpha value is -1.98. The lowest BCUT2D eigenvalue weighted by molar-refractivity contribution is -0.142. The second kappa shape index (κ2) is 12.3. The first kappa shape index (κ1) is 26.3. The van der Waals surface area contributed by atoms with Crippen molar-refractivity contribution in [3.8, 4) is 0 Å². The Bertz CT molecular complexity index is 876. The summed E-state index contributed by atoms with van der Waals surface area (Å²) in [5.41, 5.74) is 1.85. The number of aryl methyl sites for hydroxylation is 1. The van der Waals surface area contributed by atoms with Crippen LogP contribution in [0, 0.1) is 6.92 Å². The number of benzene rings is 2. The van der Waals surface area contributed by atoms with Crippen molar-refractivity contribution in [1.82, 2.24) is 10.2 Å². The highest BCUT2D eigenvalue weighted by molar-refractivity contribution is 7.99. The van der Waals surface area contributed by atoms with Crippen LogP contribution >= 0.6 is 23.4 Å². The van der Waals surface area contributed by atoms with E-state index >= 15 is 0 Å². The van der Waals surface area contributed by atoms with E-state index in [4.69, 9.17) is 11.6 Å². The number of hydrogen-bond donors (Lipinski definition) is 1. The highest BCUT2D eigenvalue weighted by atomic mass is 35.5. The SMILES string of the molecule is CCC(C(=O)NC(C)(C)C)N(Cc1ccc(C)cc1)C(=O)CCCSc1ccc(Cl)cc1. The zero-order valence-electron chi connectivity index (χ0n) is 19.8. The van der Waals surface area contributed by atoms with Crippen molar-refractivity contribution in [3.63, 3.8) is 0 Å². The maximum absolute atomic E-state index is 13.3. The average Bonchev–Trinajstić information content (AvgIpc) is 2.72. The summed E-state index contributed by atoms with van der Waals surface area (Å²) in [5, 5.41) is 3.76. The fraction of sp³-hybridized carbons (Fsp3) is 0.462. The smallest absolute Gasteiger partial charge is 0.243 e. The van der Waals surface area contributed by atoms with Gasteiger partial charge in [-0.15, -0.1) is 11.8 Å². The van der Waals surface area contributed by atoms with Gasteiger partial charge in [-0.1, -0.05) is 48.4 Å². The van der Waals surface area contributed by atoms with Crippen LogP contribution in [0.4, 0.5) is 0 Å². The fourth-order valence-corrected chi connectivity index (χ4v) is 4.33. The highest BCUT2D eigenvalue weighted by Crippen LogP contribution is 2.22. The molecule has 2 aromatic carbocycles. The quantitative estimate of drug-likeness (QED) is 0.327. The lowest BCUT2D eigenvalue weighted by atomic mass is 10.0. The number of nitrogens with zero attached hydrogens (tertiary/aromatic N) is 1. The van der Waals surface area contributed by atoms with Crippen LogP contribution in [0.1, 0.15) is 58.1 Å². The van der Waals surface area contributed by atoms with Crippen LogP contribution in [0.2, 0.25) is 5.02 Å². The Morgan fingerprint density at radius 3 is 2.25 bits per heavy atom. The monoisotopic (exact) mass is 474 g/mol. The second-order valence-electron chi connectivity index (χ2n) is 9.08. The molecule has 2 aromatic rings. The normalized spacial score (nSPS) is 12.3. The van der Waals surface area contributed by atoms with Gasteiger partial charge in [-0.25, -0.2) is 0 Å². The molecule has 1 N–H and O–H groups in total. The van der Waals surface area contributed by atoms with Crippen LogP contribution < -0.4 is 5.32 Å². The van der Waals surface area contributed by atoms with Crippen molar-refractivity contribution >= 4 is 35.2 Å². The topological polar surface area (TPSA) is 49.4 Å². The van der Waals surface area contributed by atoms with Crippen LogP contribution in [0.15, 0.2) is 53.4 Å².